The van der Waals surface area contributed by atoms with Crippen molar-refractivity contribution in [3.63, 3.8) is 0 Å². The lowest BCUT2D eigenvalue weighted by atomic mass is 9.92. The quantitative estimate of drug-likeness (QED) is 0.803. The predicted octanol–water partition coefficient (Wildman–Crippen LogP) is 4.50. The van der Waals surface area contributed by atoms with Crippen LogP contribution in [0.15, 0.2) is 18.2 Å². The summed E-state index contributed by atoms with van der Waals surface area (Å²) in [4.78, 5) is 14.9. The molecule has 1 aliphatic carbocycles. The second-order valence-electron chi connectivity index (χ2n) is 8.13. The van der Waals surface area contributed by atoms with Crippen LogP contribution in [0.4, 0.5) is 4.39 Å². The van der Waals surface area contributed by atoms with Gasteiger partial charge in [0, 0.05) is 16.6 Å². The number of halogens is 2. The molecule has 1 aromatic rings. The van der Waals surface area contributed by atoms with Crippen LogP contribution in [0.3, 0.4) is 0 Å². The van der Waals surface area contributed by atoms with E-state index in [2.05, 4.69) is 24.1 Å². The van der Waals surface area contributed by atoms with Gasteiger partial charge in [-0.05, 0) is 81.3 Å². The predicted molar refractivity (Wildman–Crippen MR) is 99.5 cm³/mol. The Hall–Kier alpha value is -1.13. The standard InChI is InChI=1S/C20H28ClFN2O/c1-14(2)4-3-7-24-8-5-20(6-9-24)13-18(20)23-19(25)15-10-16(21)12-17(22)11-15/h10-12,14,18H,3-9,13H2,1-2H3,(H,23,25)/t18-/m1/s1. The molecule has 0 radical (unpaired) electrons. The zero-order valence-electron chi connectivity index (χ0n) is 15.2. The van der Waals surface area contributed by atoms with E-state index in [9.17, 15) is 9.18 Å². The summed E-state index contributed by atoms with van der Waals surface area (Å²) >= 11 is 5.84. The summed E-state index contributed by atoms with van der Waals surface area (Å²) in [5.41, 5.74) is 0.569. The van der Waals surface area contributed by atoms with E-state index in [1.807, 2.05) is 0 Å². The molecule has 138 valence electrons. The van der Waals surface area contributed by atoms with Crippen LogP contribution < -0.4 is 5.32 Å². The Morgan fingerprint density at radius 3 is 2.72 bits per heavy atom. The van der Waals surface area contributed by atoms with Gasteiger partial charge in [-0.1, -0.05) is 25.4 Å². The molecule has 3 rings (SSSR count). The number of benzene rings is 1. The van der Waals surface area contributed by atoms with Crippen LogP contribution >= 0.6 is 11.6 Å². The Morgan fingerprint density at radius 2 is 2.08 bits per heavy atom. The number of piperidine rings is 1. The number of nitrogens with zero attached hydrogens (tertiary/aromatic N) is 1. The molecular weight excluding hydrogens is 339 g/mol. The van der Waals surface area contributed by atoms with Gasteiger partial charge in [0.25, 0.3) is 5.91 Å². The fourth-order valence-electron chi connectivity index (χ4n) is 3.98. The molecule has 0 bridgehead atoms. The Kier molecular flexibility index (Phi) is 5.69. The third kappa shape index (κ3) is 4.73. The number of rotatable bonds is 6. The second kappa shape index (κ2) is 7.63. The maximum Gasteiger partial charge on any atom is 0.251 e. The minimum Gasteiger partial charge on any atom is -0.349 e. The van der Waals surface area contributed by atoms with Crippen LogP contribution in [0.25, 0.3) is 0 Å². The van der Waals surface area contributed by atoms with E-state index in [-0.39, 0.29) is 22.4 Å². The van der Waals surface area contributed by atoms with Crippen LogP contribution in [-0.2, 0) is 0 Å². The minimum atomic E-state index is -0.474. The van der Waals surface area contributed by atoms with Crippen molar-refractivity contribution < 1.29 is 9.18 Å². The van der Waals surface area contributed by atoms with Gasteiger partial charge in [0.05, 0.1) is 0 Å². The first-order valence-corrected chi connectivity index (χ1v) is 9.75. The summed E-state index contributed by atoms with van der Waals surface area (Å²) in [6.45, 7) is 7.97. The van der Waals surface area contributed by atoms with Crippen LogP contribution in [0.2, 0.25) is 5.02 Å². The highest BCUT2D eigenvalue weighted by Gasteiger charge is 2.55. The van der Waals surface area contributed by atoms with Crippen LogP contribution in [0.5, 0.6) is 0 Å². The molecule has 1 N–H and O–H groups in total. The molecule has 1 saturated heterocycles. The van der Waals surface area contributed by atoms with Crippen LogP contribution in [0.1, 0.15) is 56.3 Å². The molecule has 1 spiro atoms. The minimum absolute atomic E-state index is 0.220. The van der Waals surface area contributed by atoms with Crippen molar-refractivity contribution in [2.24, 2.45) is 11.3 Å². The number of carbonyl (C=O) groups is 1. The fraction of sp³-hybridized carbons (Fsp3) is 0.650. The number of carbonyl (C=O) groups excluding carboxylic acids is 1. The fourth-order valence-corrected chi connectivity index (χ4v) is 4.20. The lowest BCUT2D eigenvalue weighted by molar-refractivity contribution is 0.0934. The molecule has 1 aromatic carbocycles. The van der Waals surface area contributed by atoms with Crippen molar-refractivity contribution in [1.82, 2.24) is 10.2 Å². The zero-order valence-corrected chi connectivity index (χ0v) is 15.9. The molecule has 1 aliphatic heterocycles. The summed E-state index contributed by atoms with van der Waals surface area (Å²) in [5, 5.41) is 3.33. The van der Waals surface area contributed by atoms with E-state index >= 15 is 0 Å². The summed E-state index contributed by atoms with van der Waals surface area (Å²) in [7, 11) is 0. The number of likely N-dealkylation sites (tertiary alicyclic amines) is 1. The van der Waals surface area contributed by atoms with Crippen molar-refractivity contribution in [3.8, 4) is 0 Å². The average molecular weight is 367 g/mol. The van der Waals surface area contributed by atoms with Gasteiger partial charge in [-0.2, -0.15) is 0 Å². The van der Waals surface area contributed by atoms with Crippen molar-refractivity contribution >= 4 is 17.5 Å². The van der Waals surface area contributed by atoms with E-state index in [0.717, 1.165) is 38.3 Å². The highest BCUT2D eigenvalue weighted by Crippen LogP contribution is 2.54. The van der Waals surface area contributed by atoms with Crippen LogP contribution in [0, 0.1) is 17.2 Å². The Morgan fingerprint density at radius 1 is 1.36 bits per heavy atom. The Balaban J connectivity index is 1.46. The number of nitrogens with one attached hydrogen (secondary N) is 1. The molecule has 2 fully saturated rings. The van der Waals surface area contributed by atoms with Gasteiger partial charge in [-0.25, -0.2) is 4.39 Å². The Labute approximate surface area is 154 Å². The van der Waals surface area contributed by atoms with Crippen molar-refractivity contribution in [3.05, 3.63) is 34.6 Å². The summed E-state index contributed by atoms with van der Waals surface area (Å²) in [6.07, 6.45) is 5.89. The molecule has 25 heavy (non-hydrogen) atoms. The highest BCUT2D eigenvalue weighted by molar-refractivity contribution is 6.31. The number of hydrogen-bond donors (Lipinski definition) is 1. The molecule has 1 atom stereocenters. The first-order chi connectivity index (χ1) is 11.9. The van der Waals surface area contributed by atoms with Gasteiger partial charge < -0.3 is 10.2 Å². The maximum absolute atomic E-state index is 13.4. The maximum atomic E-state index is 13.4. The average Bonchev–Trinajstić information content (AvgIpc) is 3.20. The third-order valence-corrected chi connectivity index (χ3v) is 5.95. The third-order valence-electron chi connectivity index (χ3n) is 5.73. The summed E-state index contributed by atoms with van der Waals surface area (Å²) < 4.78 is 13.4. The smallest absolute Gasteiger partial charge is 0.251 e. The number of amides is 1. The molecule has 1 heterocycles. The van der Waals surface area contributed by atoms with Gasteiger partial charge >= 0.3 is 0 Å². The van der Waals surface area contributed by atoms with Crippen LogP contribution in [-0.4, -0.2) is 36.5 Å². The van der Waals surface area contributed by atoms with Gasteiger partial charge in [-0.3, -0.25) is 4.79 Å². The van der Waals surface area contributed by atoms with Crippen molar-refractivity contribution in [1.29, 1.82) is 0 Å². The van der Waals surface area contributed by atoms with E-state index < -0.39 is 5.82 Å². The van der Waals surface area contributed by atoms with E-state index in [1.54, 1.807) is 0 Å². The first-order valence-electron chi connectivity index (χ1n) is 9.37. The van der Waals surface area contributed by atoms with Gasteiger partial charge in [-0.15, -0.1) is 0 Å². The second-order valence-corrected chi connectivity index (χ2v) is 8.56. The zero-order chi connectivity index (χ0) is 18.0. The summed E-state index contributed by atoms with van der Waals surface area (Å²) in [6, 6.07) is 4.20. The molecule has 2 aliphatic rings. The first kappa shape index (κ1) is 18.7. The number of hydrogen-bond acceptors (Lipinski definition) is 2. The molecule has 0 unspecified atom stereocenters. The molecule has 0 aromatic heterocycles. The van der Waals surface area contributed by atoms with Gasteiger partial charge in [0.2, 0.25) is 0 Å². The molecule has 1 saturated carbocycles. The SMILES string of the molecule is CC(C)CCCN1CCC2(CC1)C[C@H]2NC(=O)c1cc(F)cc(Cl)c1. The summed E-state index contributed by atoms with van der Waals surface area (Å²) in [5.74, 6) is 0.0796. The van der Waals surface area contributed by atoms with Gasteiger partial charge in [0.1, 0.15) is 5.82 Å². The monoisotopic (exact) mass is 366 g/mol. The molecule has 1 amide bonds. The highest BCUT2D eigenvalue weighted by atomic mass is 35.5. The Bertz CT molecular complexity index is 606. The van der Waals surface area contributed by atoms with Crippen molar-refractivity contribution in [2.45, 2.75) is 52.0 Å². The lowest BCUT2D eigenvalue weighted by Crippen LogP contribution is -2.39. The largest absolute Gasteiger partial charge is 0.349 e. The van der Waals surface area contributed by atoms with E-state index in [4.69, 9.17) is 11.6 Å². The van der Waals surface area contributed by atoms with E-state index in [0.29, 0.717) is 5.56 Å². The topological polar surface area (TPSA) is 32.3 Å². The van der Waals surface area contributed by atoms with Gasteiger partial charge in [0.15, 0.2) is 0 Å². The molecular formula is C20H28ClFN2O. The normalized spacial score (nSPS) is 22.4. The van der Waals surface area contributed by atoms with E-state index in [1.165, 1.54) is 37.6 Å². The molecule has 5 heteroatoms. The molecule has 3 nitrogen and oxygen atoms in total. The van der Waals surface area contributed by atoms with Crippen molar-refractivity contribution in [2.75, 3.05) is 19.6 Å². The lowest BCUT2D eigenvalue weighted by Gasteiger charge is -2.33.